The number of hydrogen-bond acceptors (Lipinski definition) is 6. The molecule has 1 atom stereocenters. The molecule has 0 aliphatic rings. The summed E-state index contributed by atoms with van der Waals surface area (Å²) in [7, 11) is -3.62. The number of nitrogens with one attached hydrogen (secondary N) is 1. The van der Waals surface area contributed by atoms with Crippen LogP contribution in [0, 0.1) is 13.8 Å². The maximum absolute atomic E-state index is 12.3. The van der Waals surface area contributed by atoms with E-state index in [1.807, 2.05) is 16.8 Å². The quantitative estimate of drug-likeness (QED) is 0.766. The normalized spacial score (nSPS) is 13.4. The molecule has 0 bridgehead atoms. The van der Waals surface area contributed by atoms with Gasteiger partial charge in [-0.1, -0.05) is 5.16 Å². The predicted octanol–water partition coefficient (Wildman–Crippen LogP) is 2.19. The molecule has 1 unspecified atom stereocenters. The molecule has 2 rings (SSSR count). The molecule has 2 N–H and O–H groups in total. The highest BCUT2D eigenvalue weighted by Gasteiger charge is 2.24. The van der Waals surface area contributed by atoms with Gasteiger partial charge in [0.2, 0.25) is 10.0 Å². The summed E-state index contributed by atoms with van der Waals surface area (Å²) >= 11 is 1.59. The van der Waals surface area contributed by atoms with E-state index in [0.717, 1.165) is 5.56 Å². The first kappa shape index (κ1) is 17.1. The molecule has 0 spiro atoms. The van der Waals surface area contributed by atoms with Gasteiger partial charge in [-0.2, -0.15) is 11.3 Å². The molecule has 0 radical (unpaired) electrons. The van der Waals surface area contributed by atoms with Crippen molar-refractivity contribution in [2.75, 3.05) is 13.2 Å². The molecule has 0 saturated carbocycles. The van der Waals surface area contributed by atoms with Crippen molar-refractivity contribution in [3.05, 3.63) is 33.8 Å². The monoisotopic (exact) mass is 344 g/mol. The maximum atomic E-state index is 12.3. The molecule has 122 valence electrons. The average molecular weight is 344 g/mol. The largest absolute Gasteiger partial charge is 0.396 e. The Morgan fingerprint density at radius 3 is 2.73 bits per heavy atom. The van der Waals surface area contributed by atoms with Gasteiger partial charge in [0.1, 0.15) is 10.6 Å². The second-order valence-electron chi connectivity index (χ2n) is 5.11. The fourth-order valence-corrected chi connectivity index (χ4v) is 4.55. The van der Waals surface area contributed by atoms with Gasteiger partial charge in [-0.25, -0.2) is 13.1 Å². The van der Waals surface area contributed by atoms with Crippen molar-refractivity contribution in [2.45, 2.75) is 37.5 Å². The summed E-state index contributed by atoms with van der Waals surface area (Å²) in [5, 5.41) is 16.8. The molecule has 2 aromatic rings. The number of rotatable bonds is 8. The van der Waals surface area contributed by atoms with Crippen molar-refractivity contribution in [3.63, 3.8) is 0 Å². The van der Waals surface area contributed by atoms with Crippen LogP contribution in [-0.4, -0.2) is 31.8 Å². The third kappa shape index (κ3) is 3.95. The highest BCUT2D eigenvalue weighted by atomic mass is 32.2. The summed E-state index contributed by atoms with van der Waals surface area (Å²) in [6.07, 6.45) is 1.24. The molecular formula is C14H20N2O4S2. The van der Waals surface area contributed by atoms with Crippen LogP contribution in [0.15, 0.2) is 26.2 Å². The highest BCUT2D eigenvalue weighted by Crippen LogP contribution is 2.25. The van der Waals surface area contributed by atoms with Crippen molar-refractivity contribution in [2.24, 2.45) is 0 Å². The van der Waals surface area contributed by atoms with Gasteiger partial charge in [0.25, 0.3) is 0 Å². The van der Waals surface area contributed by atoms with Gasteiger partial charge in [0.15, 0.2) is 5.76 Å². The third-order valence-corrected chi connectivity index (χ3v) is 5.92. The lowest BCUT2D eigenvalue weighted by atomic mass is 9.95. The number of sulfonamides is 1. The molecule has 0 aromatic carbocycles. The summed E-state index contributed by atoms with van der Waals surface area (Å²) in [6.45, 7) is 3.56. The Balaban J connectivity index is 2.00. The van der Waals surface area contributed by atoms with Gasteiger partial charge >= 0.3 is 0 Å². The maximum Gasteiger partial charge on any atom is 0.245 e. The minimum atomic E-state index is -3.62. The van der Waals surface area contributed by atoms with Crippen LogP contribution in [0.4, 0.5) is 0 Å². The van der Waals surface area contributed by atoms with E-state index in [2.05, 4.69) is 9.88 Å². The van der Waals surface area contributed by atoms with E-state index in [1.54, 1.807) is 25.2 Å². The Bertz CT molecular complexity index is 673. The minimum Gasteiger partial charge on any atom is -0.396 e. The van der Waals surface area contributed by atoms with Crippen molar-refractivity contribution >= 4 is 21.4 Å². The van der Waals surface area contributed by atoms with E-state index in [4.69, 9.17) is 9.63 Å². The van der Waals surface area contributed by atoms with Crippen molar-refractivity contribution < 1.29 is 18.0 Å². The first-order valence-corrected chi connectivity index (χ1v) is 9.43. The van der Waals surface area contributed by atoms with Gasteiger partial charge in [0, 0.05) is 13.2 Å². The fraction of sp³-hybridized carbons (Fsp3) is 0.500. The minimum absolute atomic E-state index is 0.0805. The van der Waals surface area contributed by atoms with Crippen LogP contribution < -0.4 is 4.72 Å². The number of aromatic nitrogens is 1. The zero-order valence-corrected chi connectivity index (χ0v) is 14.2. The Morgan fingerprint density at radius 1 is 1.41 bits per heavy atom. The van der Waals surface area contributed by atoms with Crippen LogP contribution in [0.2, 0.25) is 0 Å². The molecule has 6 nitrogen and oxygen atoms in total. The highest BCUT2D eigenvalue weighted by molar-refractivity contribution is 7.89. The Kier molecular flexibility index (Phi) is 5.74. The summed E-state index contributed by atoms with van der Waals surface area (Å²) in [4.78, 5) is 0.113. The fourth-order valence-electron chi connectivity index (χ4n) is 2.44. The van der Waals surface area contributed by atoms with Crippen LogP contribution in [0.25, 0.3) is 0 Å². The van der Waals surface area contributed by atoms with E-state index in [9.17, 15) is 8.42 Å². The number of aliphatic hydroxyl groups is 1. The Hall–Kier alpha value is -1.22. The van der Waals surface area contributed by atoms with Crippen LogP contribution in [0.5, 0.6) is 0 Å². The van der Waals surface area contributed by atoms with Gasteiger partial charge in [-0.15, -0.1) is 0 Å². The van der Waals surface area contributed by atoms with Crippen molar-refractivity contribution in [1.82, 2.24) is 9.88 Å². The number of aliphatic hydroxyl groups excluding tert-OH is 1. The molecule has 0 aliphatic heterocycles. The summed E-state index contributed by atoms with van der Waals surface area (Å²) in [6, 6.07) is 2.01. The number of nitrogens with zero attached hydrogens (tertiary/aromatic N) is 1. The standard InChI is InChI=1S/C14H20N2O4S2/c1-10-14(11(2)20-16-10)22(18,19)15-6-3-12(4-7-17)13-5-8-21-9-13/h5,8-9,12,15,17H,3-4,6-7H2,1-2H3. The van der Waals surface area contributed by atoms with Gasteiger partial charge < -0.3 is 9.63 Å². The number of aryl methyl sites for hydroxylation is 2. The Labute approximate surface area is 134 Å². The first-order chi connectivity index (χ1) is 10.5. The zero-order valence-electron chi connectivity index (χ0n) is 12.6. The van der Waals surface area contributed by atoms with E-state index in [0.29, 0.717) is 25.1 Å². The second kappa shape index (κ2) is 7.36. The van der Waals surface area contributed by atoms with E-state index >= 15 is 0 Å². The lowest BCUT2D eigenvalue weighted by molar-refractivity contribution is 0.273. The molecule has 2 aromatic heterocycles. The molecule has 0 aliphatic carbocycles. The van der Waals surface area contributed by atoms with Crippen LogP contribution in [0.3, 0.4) is 0 Å². The lowest BCUT2D eigenvalue weighted by Crippen LogP contribution is -2.26. The summed E-state index contributed by atoms with van der Waals surface area (Å²) < 4.78 is 32.1. The van der Waals surface area contributed by atoms with Crippen LogP contribution >= 0.6 is 11.3 Å². The molecule has 22 heavy (non-hydrogen) atoms. The average Bonchev–Trinajstić information content (AvgIpc) is 3.08. The van der Waals surface area contributed by atoms with Gasteiger partial charge in [-0.05, 0) is 55.0 Å². The topological polar surface area (TPSA) is 92.4 Å². The molecular weight excluding hydrogens is 324 g/mol. The SMILES string of the molecule is Cc1noc(C)c1S(=O)(=O)NCCC(CCO)c1ccsc1. The molecule has 0 saturated heterocycles. The number of thiophene rings is 1. The smallest absolute Gasteiger partial charge is 0.245 e. The van der Waals surface area contributed by atoms with Gasteiger partial charge in [-0.3, -0.25) is 0 Å². The second-order valence-corrected chi connectivity index (χ2v) is 7.59. The van der Waals surface area contributed by atoms with E-state index < -0.39 is 10.0 Å². The Morgan fingerprint density at radius 2 is 2.18 bits per heavy atom. The number of hydrogen-bond donors (Lipinski definition) is 2. The van der Waals surface area contributed by atoms with E-state index in [1.165, 1.54) is 0 Å². The third-order valence-electron chi connectivity index (χ3n) is 3.51. The summed E-state index contributed by atoms with van der Waals surface area (Å²) in [5.41, 5.74) is 1.49. The van der Waals surface area contributed by atoms with Crippen molar-refractivity contribution in [3.8, 4) is 0 Å². The molecule has 2 heterocycles. The van der Waals surface area contributed by atoms with Crippen molar-refractivity contribution in [1.29, 1.82) is 0 Å². The first-order valence-electron chi connectivity index (χ1n) is 7.01. The molecule has 8 heteroatoms. The predicted molar refractivity (Wildman–Crippen MR) is 84.5 cm³/mol. The zero-order chi connectivity index (χ0) is 16.2. The summed E-state index contributed by atoms with van der Waals surface area (Å²) in [5.74, 6) is 0.429. The molecule has 0 amide bonds. The van der Waals surface area contributed by atoms with E-state index in [-0.39, 0.29) is 23.2 Å². The van der Waals surface area contributed by atoms with Gasteiger partial charge in [0.05, 0.1) is 0 Å². The molecule has 0 fully saturated rings. The van der Waals surface area contributed by atoms with Crippen LogP contribution in [0.1, 0.15) is 35.8 Å². The van der Waals surface area contributed by atoms with Crippen LogP contribution in [-0.2, 0) is 10.0 Å². The lowest BCUT2D eigenvalue weighted by Gasteiger charge is -2.15.